The Morgan fingerprint density at radius 1 is 1.22 bits per heavy atom. The molecule has 1 rings (SSSR count). The summed E-state index contributed by atoms with van der Waals surface area (Å²) < 4.78 is 0. The Balaban J connectivity index is 2.47. The van der Waals surface area contributed by atoms with Crippen LogP contribution in [0.25, 0.3) is 0 Å². The molecule has 0 bridgehead atoms. The molecule has 1 aliphatic heterocycles. The normalized spacial score (nSPS) is 19.9. The number of nitrogens with zero attached hydrogens (tertiary/aromatic N) is 3. The molecule has 5 nitrogen and oxygen atoms in total. The lowest BCUT2D eigenvalue weighted by Gasteiger charge is -2.40. The van der Waals surface area contributed by atoms with E-state index in [-0.39, 0.29) is 6.03 Å². The molecule has 0 radical (unpaired) electrons. The molecule has 5 heteroatoms. The van der Waals surface area contributed by atoms with Gasteiger partial charge in [0.25, 0.3) is 0 Å². The molecule has 1 unspecified atom stereocenters. The Kier molecular flexibility index (Phi) is 5.88. The molecule has 0 saturated carbocycles. The van der Waals surface area contributed by atoms with E-state index in [1.54, 1.807) is 19.0 Å². The fourth-order valence-corrected chi connectivity index (χ4v) is 2.29. The van der Waals surface area contributed by atoms with Gasteiger partial charge in [-0.25, -0.2) is 4.79 Å². The molecule has 1 atom stereocenters. The summed E-state index contributed by atoms with van der Waals surface area (Å²) in [6, 6.07) is 0.428. The Labute approximate surface area is 111 Å². The first-order valence-corrected chi connectivity index (χ1v) is 6.79. The van der Waals surface area contributed by atoms with Gasteiger partial charge in [0, 0.05) is 52.9 Å². The van der Waals surface area contributed by atoms with Gasteiger partial charge in [-0.15, -0.1) is 0 Å². The van der Waals surface area contributed by atoms with Crippen LogP contribution in [0.5, 0.6) is 0 Å². The minimum atomic E-state index is -0.00484. The number of carbonyl (C=O) groups is 1. The van der Waals surface area contributed by atoms with Gasteiger partial charge in [-0.1, -0.05) is 13.8 Å². The average molecular weight is 256 g/mol. The van der Waals surface area contributed by atoms with Crippen molar-refractivity contribution in [3.05, 3.63) is 0 Å². The second-order valence-corrected chi connectivity index (χ2v) is 5.73. The summed E-state index contributed by atoms with van der Waals surface area (Å²) in [5.41, 5.74) is 0. The van der Waals surface area contributed by atoms with Crippen LogP contribution in [0.3, 0.4) is 0 Å². The first-order valence-electron chi connectivity index (χ1n) is 6.79. The molecule has 0 spiro atoms. The SMILES string of the molecule is CC(C)C(CNC(=O)N(C)C)N1CCN(C)CC1. The molecule has 0 aromatic heterocycles. The minimum Gasteiger partial charge on any atom is -0.336 e. The van der Waals surface area contributed by atoms with Crippen LogP contribution in [0.4, 0.5) is 4.79 Å². The second-order valence-electron chi connectivity index (χ2n) is 5.73. The average Bonchev–Trinajstić information content (AvgIpc) is 2.30. The van der Waals surface area contributed by atoms with Gasteiger partial charge >= 0.3 is 6.03 Å². The predicted octanol–water partition coefficient (Wildman–Crippen LogP) is 0.530. The second kappa shape index (κ2) is 6.95. The number of hydrogen-bond acceptors (Lipinski definition) is 3. The molecule has 0 aliphatic carbocycles. The zero-order chi connectivity index (χ0) is 13.7. The summed E-state index contributed by atoms with van der Waals surface area (Å²) in [5, 5.41) is 3.00. The summed E-state index contributed by atoms with van der Waals surface area (Å²) in [7, 11) is 5.71. The third-order valence-electron chi connectivity index (χ3n) is 3.65. The van der Waals surface area contributed by atoms with Crippen molar-refractivity contribution in [1.82, 2.24) is 20.0 Å². The zero-order valence-corrected chi connectivity index (χ0v) is 12.4. The summed E-state index contributed by atoms with van der Waals surface area (Å²) in [4.78, 5) is 18.0. The largest absolute Gasteiger partial charge is 0.336 e. The van der Waals surface area contributed by atoms with Gasteiger partial charge in [0.15, 0.2) is 0 Å². The van der Waals surface area contributed by atoms with Crippen molar-refractivity contribution in [2.24, 2.45) is 5.92 Å². The number of carbonyl (C=O) groups excluding carboxylic acids is 1. The lowest BCUT2D eigenvalue weighted by molar-refractivity contribution is 0.0880. The van der Waals surface area contributed by atoms with Crippen LogP contribution < -0.4 is 5.32 Å². The number of likely N-dealkylation sites (N-methyl/N-ethyl adjacent to an activating group) is 1. The molecule has 1 saturated heterocycles. The maximum atomic E-state index is 11.6. The van der Waals surface area contributed by atoms with Crippen molar-refractivity contribution < 1.29 is 4.79 Å². The highest BCUT2D eigenvalue weighted by molar-refractivity contribution is 5.73. The molecule has 1 aliphatic rings. The van der Waals surface area contributed by atoms with Crippen molar-refractivity contribution in [2.75, 3.05) is 53.9 Å². The van der Waals surface area contributed by atoms with E-state index < -0.39 is 0 Å². The van der Waals surface area contributed by atoms with E-state index >= 15 is 0 Å². The van der Waals surface area contributed by atoms with Crippen LogP contribution in [0.15, 0.2) is 0 Å². The zero-order valence-electron chi connectivity index (χ0n) is 12.4. The molecule has 1 N–H and O–H groups in total. The van der Waals surface area contributed by atoms with E-state index in [4.69, 9.17) is 0 Å². The van der Waals surface area contributed by atoms with Gasteiger partial charge in [0.05, 0.1) is 0 Å². The summed E-state index contributed by atoms with van der Waals surface area (Å²) in [6.45, 7) is 9.61. The first-order chi connectivity index (χ1) is 8.41. The molecule has 106 valence electrons. The molecule has 0 aromatic carbocycles. The lowest BCUT2D eigenvalue weighted by Crippen LogP contribution is -2.54. The van der Waals surface area contributed by atoms with Crippen LogP contribution in [-0.2, 0) is 0 Å². The van der Waals surface area contributed by atoms with E-state index in [1.165, 1.54) is 0 Å². The van der Waals surface area contributed by atoms with Gasteiger partial charge < -0.3 is 15.1 Å². The number of urea groups is 1. The maximum Gasteiger partial charge on any atom is 0.316 e. The molecule has 0 aromatic rings. The highest BCUT2D eigenvalue weighted by atomic mass is 16.2. The molecule has 1 heterocycles. The molecule has 2 amide bonds. The van der Waals surface area contributed by atoms with Crippen LogP contribution in [0.1, 0.15) is 13.8 Å². The number of rotatable bonds is 4. The Hall–Kier alpha value is -0.810. The fourth-order valence-electron chi connectivity index (χ4n) is 2.29. The Morgan fingerprint density at radius 3 is 2.22 bits per heavy atom. The van der Waals surface area contributed by atoms with Gasteiger partial charge in [0.2, 0.25) is 0 Å². The van der Waals surface area contributed by atoms with Crippen LogP contribution in [0, 0.1) is 5.92 Å². The Morgan fingerprint density at radius 2 is 1.78 bits per heavy atom. The summed E-state index contributed by atoms with van der Waals surface area (Å²) >= 11 is 0. The van der Waals surface area contributed by atoms with Crippen LogP contribution >= 0.6 is 0 Å². The number of nitrogens with one attached hydrogen (secondary N) is 1. The third-order valence-corrected chi connectivity index (χ3v) is 3.65. The third kappa shape index (κ3) is 4.46. The summed E-state index contributed by atoms with van der Waals surface area (Å²) in [6.07, 6.45) is 0. The lowest BCUT2D eigenvalue weighted by atomic mass is 10.0. The quantitative estimate of drug-likeness (QED) is 0.797. The van der Waals surface area contributed by atoms with Gasteiger partial charge in [-0.05, 0) is 13.0 Å². The highest BCUT2D eigenvalue weighted by Gasteiger charge is 2.25. The van der Waals surface area contributed by atoms with Gasteiger partial charge in [0.1, 0.15) is 0 Å². The monoisotopic (exact) mass is 256 g/mol. The van der Waals surface area contributed by atoms with Gasteiger partial charge in [-0.3, -0.25) is 4.90 Å². The predicted molar refractivity (Wildman–Crippen MR) is 74.8 cm³/mol. The smallest absolute Gasteiger partial charge is 0.316 e. The number of piperazine rings is 1. The molecule has 18 heavy (non-hydrogen) atoms. The summed E-state index contributed by atoms with van der Waals surface area (Å²) in [5.74, 6) is 0.552. The van der Waals surface area contributed by atoms with E-state index in [0.717, 1.165) is 32.7 Å². The van der Waals surface area contributed by atoms with Crippen molar-refractivity contribution in [1.29, 1.82) is 0 Å². The van der Waals surface area contributed by atoms with Crippen molar-refractivity contribution in [3.8, 4) is 0 Å². The Bertz CT molecular complexity index is 260. The van der Waals surface area contributed by atoms with E-state index in [0.29, 0.717) is 12.0 Å². The van der Waals surface area contributed by atoms with Crippen molar-refractivity contribution in [2.45, 2.75) is 19.9 Å². The molecule has 1 fully saturated rings. The van der Waals surface area contributed by atoms with Crippen LogP contribution in [0.2, 0.25) is 0 Å². The van der Waals surface area contributed by atoms with Crippen LogP contribution in [-0.4, -0.2) is 80.6 Å². The maximum absolute atomic E-state index is 11.6. The molecular formula is C13H28N4O. The van der Waals surface area contributed by atoms with Crippen molar-refractivity contribution >= 4 is 6.03 Å². The fraction of sp³-hybridized carbons (Fsp3) is 0.923. The van der Waals surface area contributed by atoms with E-state index in [2.05, 4.69) is 36.0 Å². The number of amides is 2. The standard InChI is InChI=1S/C13H28N4O/c1-11(2)12(10-14-13(18)15(3)4)17-8-6-16(5)7-9-17/h11-12H,6-10H2,1-5H3,(H,14,18). The van der Waals surface area contributed by atoms with Gasteiger partial charge in [-0.2, -0.15) is 0 Å². The van der Waals surface area contributed by atoms with E-state index in [9.17, 15) is 4.79 Å². The number of hydrogen-bond donors (Lipinski definition) is 1. The first kappa shape index (κ1) is 15.2. The highest BCUT2D eigenvalue weighted by Crippen LogP contribution is 2.12. The van der Waals surface area contributed by atoms with E-state index in [1.807, 2.05) is 0 Å². The molecular weight excluding hydrogens is 228 g/mol. The van der Waals surface area contributed by atoms with Crippen molar-refractivity contribution in [3.63, 3.8) is 0 Å². The topological polar surface area (TPSA) is 38.8 Å². The minimum absolute atomic E-state index is 0.00484.